The van der Waals surface area contributed by atoms with Crippen molar-refractivity contribution in [1.82, 2.24) is 0 Å². The number of hydrazine groups is 1. The molecule has 0 atom stereocenters. The Morgan fingerprint density at radius 3 is 1.36 bits per heavy atom. The van der Waals surface area contributed by atoms with Gasteiger partial charge in [-0.1, -0.05) is 40.5 Å². The summed E-state index contributed by atoms with van der Waals surface area (Å²) in [5.74, 6) is 8.00. The van der Waals surface area contributed by atoms with Gasteiger partial charge < -0.3 is 0 Å². The summed E-state index contributed by atoms with van der Waals surface area (Å²) in [5, 5.41) is 0. The maximum atomic E-state index is 4.00. The molecule has 0 aliphatic heterocycles. The second-order valence-electron chi connectivity index (χ2n) is 3.66. The van der Waals surface area contributed by atoms with Crippen LogP contribution in [0.1, 0.15) is 53.4 Å². The van der Waals surface area contributed by atoms with Crippen molar-refractivity contribution in [1.29, 1.82) is 0 Å². The normalized spacial score (nSPS) is 10.4. The van der Waals surface area contributed by atoms with Gasteiger partial charge in [0.25, 0.3) is 0 Å². The van der Waals surface area contributed by atoms with E-state index in [1.54, 1.807) is 0 Å². The Morgan fingerprint density at radius 2 is 1.18 bits per heavy atom. The summed E-state index contributed by atoms with van der Waals surface area (Å²) >= 11 is 0. The summed E-state index contributed by atoms with van der Waals surface area (Å²) in [6, 6.07) is 0. The van der Waals surface area contributed by atoms with Gasteiger partial charge in [-0.15, -0.1) is 0 Å². The standard InChI is InChI=1S/C9H20.H4N2/c1-5-7-9(3,4)8-6-2;1-2/h5-8H2,1-4H3;1-2H2. The van der Waals surface area contributed by atoms with Crippen LogP contribution in [0, 0.1) is 5.41 Å². The molecule has 0 aromatic carbocycles. The fraction of sp³-hybridized carbons (Fsp3) is 1.00. The molecule has 4 N–H and O–H groups in total. The molecule has 0 saturated heterocycles. The van der Waals surface area contributed by atoms with Crippen molar-refractivity contribution >= 4 is 0 Å². The Kier molecular flexibility index (Phi) is 9.85. The maximum absolute atomic E-state index is 4.00. The first-order chi connectivity index (χ1) is 5.12. The van der Waals surface area contributed by atoms with E-state index in [9.17, 15) is 0 Å². The zero-order chi connectivity index (χ0) is 9.33. The molecule has 0 aromatic heterocycles. The van der Waals surface area contributed by atoms with Crippen LogP contribution in [-0.2, 0) is 0 Å². The number of rotatable bonds is 4. The molecular weight excluding hydrogens is 136 g/mol. The number of hydrogen-bond donors (Lipinski definition) is 2. The molecule has 0 spiro atoms. The first-order valence-electron chi connectivity index (χ1n) is 4.45. The van der Waals surface area contributed by atoms with Crippen molar-refractivity contribution in [3.8, 4) is 0 Å². The van der Waals surface area contributed by atoms with E-state index in [0.717, 1.165) is 0 Å². The third-order valence-corrected chi connectivity index (χ3v) is 1.85. The SMILES string of the molecule is CCCC(C)(C)CCC.NN. The van der Waals surface area contributed by atoms with Crippen LogP contribution in [0.25, 0.3) is 0 Å². The number of hydrogen-bond acceptors (Lipinski definition) is 2. The largest absolute Gasteiger partial charge is 0.274 e. The zero-order valence-electron chi connectivity index (χ0n) is 8.48. The van der Waals surface area contributed by atoms with Gasteiger partial charge in [0.1, 0.15) is 0 Å². The van der Waals surface area contributed by atoms with Gasteiger partial charge in [0.15, 0.2) is 0 Å². The Labute approximate surface area is 71.3 Å². The van der Waals surface area contributed by atoms with Crippen molar-refractivity contribution < 1.29 is 0 Å². The van der Waals surface area contributed by atoms with E-state index in [4.69, 9.17) is 0 Å². The molecule has 70 valence electrons. The lowest BCUT2D eigenvalue weighted by molar-refractivity contribution is 0.301. The van der Waals surface area contributed by atoms with Crippen LogP contribution in [0.4, 0.5) is 0 Å². The van der Waals surface area contributed by atoms with Crippen molar-refractivity contribution in [3.05, 3.63) is 0 Å². The predicted molar refractivity (Wildman–Crippen MR) is 52.0 cm³/mol. The maximum Gasteiger partial charge on any atom is -0.0354 e. The average Bonchev–Trinajstić information content (AvgIpc) is 1.91. The lowest BCUT2D eigenvalue weighted by Gasteiger charge is -2.22. The molecule has 0 rings (SSSR count). The first-order valence-corrected chi connectivity index (χ1v) is 4.45. The predicted octanol–water partition coefficient (Wildman–Crippen LogP) is 2.43. The van der Waals surface area contributed by atoms with E-state index in [0.29, 0.717) is 5.41 Å². The van der Waals surface area contributed by atoms with E-state index in [1.807, 2.05) is 0 Å². The second-order valence-corrected chi connectivity index (χ2v) is 3.66. The van der Waals surface area contributed by atoms with E-state index < -0.39 is 0 Å². The quantitative estimate of drug-likeness (QED) is 0.490. The molecule has 2 heteroatoms. The molecule has 0 aromatic rings. The molecule has 2 nitrogen and oxygen atoms in total. The van der Waals surface area contributed by atoms with Crippen LogP contribution in [0.3, 0.4) is 0 Å². The summed E-state index contributed by atoms with van der Waals surface area (Å²) < 4.78 is 0. The van der Waals surface area contributed by atoms with E-state index in [-0.39, 0.29) is 0 Å². The Bertz CT molecular complexity index is 62.0. The van der Waals surface area contributed by atoms with Gasteiger partial charge in [0.05, 0.1) is 0 Å². The van der Waals surface area contributed by atoms with Gasteiger partial charge >= 0.3 is 0 Å². The van der Waals surface area contributed by atoms with E-state index in [2.05, 4.69) is 39.4 Å². The Hall–Kier alpha value is -0.0800. The van der Waals surface area contributed by atoms with Crippen LogP contribution in [0.15, 0.2) is 0 Å². The minimum atomic E-state index is 0.601. The number of nitrogens with two attached hydrogens (primary N) is 2. The summed E-state index contributed by atoms with van der Waals surface area (Å²) in [4.78, 5) is 0. The van der Waals surface area contributed by atoms with Gasteiger partial charge in [0.2, 0.25) is 0 Å². The third kappa shape index (κ3) is 9.92. The highest BCUT2D eigenvalue weighted by molar-refractivity contribution is 4.66. The van der Waals surface area contributed by atoms with Gasteiger partial charge in [0, 0.05) is 0 Å². The molecule has 0 aliphatic rings. The minimum absolute atomic E-state index is 0.601. The Balaban J connectivity index is 0. The van der Waals surface area contributed by atoms with Crippen molar-refractivity contribution in [2.45, 2.75) is 53.4 Å². The molecule has 0 unspecified atom stereocenters. The van der Waals surface area contributed by atoms with Crippen LogP contribution >= 0.6 is 0 Å². The summed E-state index contributed by atoms with van der Waals surface area (Å²) in [6.45, 7) is 9.24. The highest BCUT2D eigenvalue weighted by atomic mass is 15.0. The first kappa shape index (κ1) is 13.5. The van der Waals surface area contributed by atoms with Crippen LogP contribution in [0.2, 0.25) is 0 Å². The molecule has 0 amide bonds. The zero-order valence-corrected chi connectivity index (χ0v) is 8.48. The molecular formula is C9H24N2. The van der Waals surface area contributed by atoms with Crippen LogP contribution in [-0.4, -0.2) is 0 Å². The highest BCUT2D eigenvalue weighted by Crippen LogP contribution is 2.27. The topological polar surface area (TPSA) is 52.0 Å². The molecule has 0 bridgehead atoms. The van der Waals surface area contributed by atoms with Crippen molar-refractivity contribution in [3.63, 3.8) is 0 Å². The monoisotopic (exact) mass is 160 g/mol. The fourth-order valence-electron chi connectivity index (χ4n) is 1.48. The molecule has 0 radical (unpaired) electrons. The summed E-state index contributed by atoms with van der Waals surface area (Å²) in [6.07, 6.45) is 5.40. The summed E-state index contributed by atoms with van der Waals surface area (Å²) in [7, 11) is 0. The highest BCUT2D eigenvalue weighted by Gasteiger charge is 2.13. The Morgan fingerprint density at radius 1 is 0.909 bits per heavy atom. The fourth-order valence-corrected chi connectivity index (χ4v) is 1.48. The molecule has 0 saturated carbocycles. The lowest BCUT2D eigenvalue weighted by atomic mass is 9.84. The van der Waals surface area contributed by atoms with Crippen molar-refractivity contribution in [2.75, 3.05) is 0 Å². The van der Waals surface area contributed by atoms with Crippen molar-refractivity contribution in [2.24, 2.45) is 17.1 Å². The minimum Gasteiger partial charge on any atom is -0.274 e. The molecule has 0 aliphatic carbocycles. The van der Waals surface area contributed by atoms with E-state index >= 15 is 0 Å². The average molecular weight is 160 g/mol. The summed E-state index contributed by atoms with van der Waals surface area (Å²) in [5.41, 5.74) is 0.601. The van der Waals surface area contributed by atoms with Gasteiger partial charge in [-0.2, -0.15) is 0 Å². The molecule has 0 heterocycles. The van der Waals surface area contributed by atoms with Gasteiger partial charge in [-0.25, -0.2) is 0 Å². The lowest BCUT2D eigenvalue weighted by Crippen LogP contribution is -2.09. The third-order valence-electron chi connectivity index (χ3n) is 1.85. The molecule has 11 heavy (non-hydrogen) atoms. The van der Waals surface area contributed by atoms with Crippen LogP contribution < -0.4 is 11.7 Å². The smallest absolute Gasteiger partial charge is 0.0354 e. The van der Waals surface area contributed by atoms with Gasteiger partial charge in [-0.3, -0.25) is 11.7 Å². The second kappa shape index (κ2) is 8.02. The molecule has 0 fully saturated rings. The van der Waals surface area contributed by atoms with E-state index in [1.165, 1.54) is 25.7 Å². The van der Waals surface area contributed by atoms with Gasteiger partial charge in [-0.05, 0) is 18.3 Å². The van der Waals surface area contributed by atoms with Crippen LogP contribution in [0.5, 0.6) is 0 Å².